The molecule has 2 unspecified atom stereocenters. The average Bonchev–Trinajstić information content (AvgIpc) is 3.16. The van der Waals surface area contributed by atoms with Crippen LogP contribution < -0.4 is 14.8 Å². The fourth-order valence-corrected chi connectivity index (χ4v) is 4.79. The van der Waals surface area contributed by atoms with Gasteiger partial charge in [-0.15, -0.1) is 0 Å². The van der Waals surface area contributed by atoms with E-state index in [1.807, 2.05) is 0 Å². The van der Waals surface area contributed by atoms with Crippen molar-refractivity contribution in [1.29, 1.82) is 0 Å². The van der Waals surface area contributed by atoms with Crippen LogP contribution in [0.1, 0.15) is 56.1 Å². The summed E-state index contributed by atoms with van der Waals surface area (Å²) in [5.74, 6) is -1.45. The SMILES string of the molecule is CCn1nc(C(=O)NCC(O)(CC)CCNS(C)(=O)=O)c(Cl)c1-c1ccc(C(C)(O)CC(F)(F)F)cc1OC(F)F. The van der Waals surface area contributed by atoms with E-state index in [0.717, 1.165) is 31.4 Å². The smallest absolute Gasteiger partial charge is 0.392 e. The Labute approximate surface area is 238 Å². The number of sulfonamides is 1. The number of nitrogens with zero attached hydrogens (tertiary/aromatic N) is 2. The van der Waals surface area contributed by atoms with Crippen molar-refractivity contribution in [3.8, 4) is 17.0 Å². The predicted octanol–water partition coefficient (Wildman–Crippen LogP) is 3.79. The molecule has 1 aromatic carbocycles. The number of carbonyl (C=O) groups excluding carboxylic acids is 1. The molecule has 1 heterocycles. The molecule has 0 fully saturated rings. The lowest BCUT2D eigenvalue weighted by Crippen LogP contribution is -2.44. The first kappa shape index (κ1) is 34.7. The summed E-state index contributed by atoms with van der Waals surface area (Å²) in [6.45, 7) is 0.412. The van der Waals surface area contributed by atoms with Crippen molar-refractivity contribution in [3.05, 3.63) is 34.5 Å². The third-order valence-electron chi connectivity index (χ3n) is 6.22. The van der Waals surface area contributed by atoms with E-state index in [9.17, 15) is 45.4 Å². The minimum atomic E-state index is -4.76. The van der Waals surface area contributed by atoms with Gasteiger partial charge in [-0.3, -0.25) is 9.48 Å². The highest BCUT2D eigenvalue weighted by Gasteiger charge is 2.40. The number of hydrogen-bond donors (Lipinski definition) is 4. The molecular formula is C24H32ClF5N4O6S. The first-order chi connectivity index (χ1) is 18.7. The maximum absolute atomic E-state index is 13.3. The van der Waals surface area contributed by atoms with Crippen molar-refractivity contribution in [1.82, 2.24) is 19.8 Å². The van der Waals surface area contributed by atoms with Gasteiger partial charge < -0.3 is 20.3 Å². The number of aromatic nitrogens is 2. The third-order valence-corrected chi connectivity index (χ3v) is 7.31. The van der Waals surface area contributed by atoms with Gasteiger partial charge in [0.05, 0.1) is 34.6 Å². The van der Waals surface area contributed by atoms with E-state index in [2.05, 4.69) is 19.9 Å². The van der Waals surface area contributed by atoms with Gasteiger partial charge in [0.25, 0.3) is 5.91 Å². The molecule has 0 bridgehead atoms. The Hall–Kier alpha value is -2.53. The van der Waals surface area contributed by atoms with Gasteiger partial charge in [0.1, 0.15) is 5.75 Å². The summed E-state index contributed by atoms with van der Waals surface area (Å²) in [5, 5.41) is 27.5. The Morgan fingerprint density at radius 2 is 1.85 bits per heavy atom. The number of rotatable bonds is 14. The molecule has 1 aromatic heterocycles. The Morgan fingerprint density at radius 1 is 1.22 bits per heavy atom. The minimum absolute atomic E-state index is 0.0297. The van der Waals surface area contributed by atoms with Crippen LogP contribution in [0, 0.1) is 0 Å². The van der Waals surface area contributed by atoms with E-state index in [0.29, 0.717) is 0 Å². The van der Waals surface area contributed by atoms with Crippen LogP contribution in [0.2, 0.25) is 5.02 Å². The van der Waals surface area contributed by atoms with Crippen LogP contribution in [0.5, 0.6) is 5.75 Å². The molecule has 2 aromatic rings. The fourth-order valence-electron chi connectivity index (χ4n) is 4.00. The van der Waals surface area contributed by atoms with Gasteiger partial charge >= 0.3 is 12.8 Å². The lowest BCUT2D eigenvalue weighted by Gasteiger charge is -2.27. The Kier molecular flexibility index (Phi) is 11.2. The van der Waals surface area contributed by atoms with Crippen molar-refractivity contribution >= 4 is 27.5 Å². The van der Waals surface area contributed by atoms with Crippen LogP contribution in [-0.4, -0.2) is 72.1 Å². The van der Waals surface area contributed by atoms with Crippen LogP contribution in [0.3, 0.4) is 0 Å². The zero-order valence-corrected chi connectivity index (χ0v) is 24.2. The molecule has 0 aliphatic heterocycles. The highest BCUT2D eigenvalue weighted by atomic mass is 35.5. The molecule has 4 N–H and O–H groups in total. The fraction of sp³-hybridized carbons (Fsp3) is 0.583. The lowest BCUT2D eigenvalue weighted by molar-refractivity contribution is -0.174. The van der Waals surface area contributed by atoms with Gasteiger partial charge in [0, 0.05) is 25.2 Å². The van der Waals surface area contributed by atoms with Gasteiger partial charge in [-0.1, -0.05) is 24.6 Å². The quantitative estimate of drug-likeness (QED) is 0.232. The van der Waals surface area contributed by atoms with Crippen LogP contribution in [0.4, 0.5) is 22.0 Å². The number of ether oxygens (including phenoxy) is 1. The molecule has 0 saturated carbocycles. The zero-order chi connectivity index (χ0) is 31.4. The summed E-state index contributed by atoms with van der Waals surface area (Å²) >= 11 is 6.46. The molecular weight excluding hydrogens is 603 g/mol. The molecule has 0 radical (unpaired) electrons. The van der Waals surface area contributed by atoms with Gasteiger partial charge in [0.2, 0.25) is 10.0 Å². The summed E-state index contributed by atoms with van der Waals surface area (Å²) < 4.78 is 96.0. The van der Waals surface area contributed by atoms with Gasteiger partial charge in [-0.25, -0.2) is 13.1 Å². The molecule has 2 atom stereocenters. The molecule has 10 nitrogen and oxygen atoms in total. The molecule has 41 heavy (non-hydrogen) atoms. The van der Waals surface area contributed by atoms with E-state index >= 15 is 0 Å². The number of aliphatic hydroxyl groups is 2. The van der Waals surface area contributed by atoms with Crippen molar-refractivity contribution in [2.24, 2.45) is 0 Å². The van der Waals surface area contributed by atoms with Gasteiger partial charge in [0.15, 0.2) is 5.69 Å². The van der Waals surface area contributed by atoms with E-state index in [4.69, 9.17) is 11.6 Å². The number of amides is 1. The van der Waals surface area contributed by atoms with Crippen LogP contribution >= 0.6 is 11.6 Å². The topological polar surface area (TPSA) is 143 Å². The molecule has 0 aliphatic carbocycles. The summed E-state index contributed by atoms with van der Waals surface area (Å²) in [6, 6.07) is 3.05. The minimum Gasteiger partial charge on any atom is -0.434 e. The molecule has 0 spiro atoms. The monoisotopic (exact) mass is 634 g/mol. The highest BCUT2D eigenvalue weighted by molar-refractivity contribution is 7.88. The van der Waals surface area contributed by atoms with E-state index < -0.39 is 52.1 Å². The third kappa shape index (κ3) is 9.77. The second-order valence-corrected chi connectivity index (χ2v) is 11.9. The normalized spacial score (nSPS) is 15.4. The van der Waals surface area contributed by atoms with Crippen LogP contribution in [0.25, 0.3) is 11.3 Å². The molecule has 2 rings (SSSR count). The number of carbonyl (C=O) groups is 1. The predicted molar refractivity (Wildman–Crippen MR) is 140 cm³/mol. The first-order valence-electron chi connectivity index (χ1n) is 12.3. The number of halogens is 6. The standard InChI is InChI=1S/C24H32ClF5N4O6S/c1-5-23(37,9-10-32-41(4,38)39)13-31-20(35)18-17(25)19(34(6-2)33-18)15-8-7-14(11-16(15)40-21(26)27)22(3,36)12-24(28,29)30/h7-8,11,21,32,36-37H,5-6,9-10,12-13H2,1-4H3,(H,31,35). The van der Waals surface area contributed by atoms with Crippen molar-refractivity contribution in [2.75, 3.05) is 19.3 Å². The number of nitrogens with one attached hydrogen (secondary N) is 2. The Bertz CT molecular complexity index is 1340. The second kappa shape index (κ2) is 13.2. The molecule has 0 saturated heterocycles. The summed E-state index contributed by atoms with van der Waals surface area (Å²) in [5.41, 5.74) is -4.84. The number of hydrogen-bond acceptors (Lipinski definition) is 7. The average molecular weight is 635 g/mol. The summed E-state index contributed by atoms with van der Waals surface area (Å²) in [7, 11) is -3.50. The lowest BCUT2D eigenvalue weighted by atomic mass is 9.90. The number of benzene rings is 1. The molecule has 17 heteroatoms. The van der Waals surface area contributed by atoms with Crippen LogP contribution in [0.15, 0.2) is 18.2 Å². The highest BCUT2D eigenvalue weighted by Crippen LogP contribution is 2.42. The Balaban J connectivity index is 2.44. The largest absolute Gasteiger partial charge is 0.434 e. The number of aryl methyl sites for hydroxylation is 1. The van der Waals surface area contributed by atoms with Crippen LogP contribution in [-0.2, 0) is 22.2 Å². The van der Waals surface area contributed by atoms with Crippen molar-refractivity contribution < 1.29 is 50.1 Å². The van der Waals surface area contributed by atoms with E-state index in [1.165, 1.54) is 4.68 Å². The zero-order valence-electron chi connectivity index (χ0n) is 22.6. The maximum atomic E-state index is 13.3. The maximum Gasteiger partial charge on any atom is 0.392 e. The molecule has 1 amide bonds. The first-order valence-corrected chi connectivity index (χ1v) is 14.6. The summed E-state index contributed by atoms with van der Waals surface area (Å²) in [6.07, 6.45) is -5.33. The summed E-state index contributed by atoms with van der Waals surface area (Å²) in [4.78, 5) is 13.0. The number of alkyl halides is 5. The van der Waals surface area contributed by atoms with E-state index in [1.54, 1.807) is 13.8 Å². The molecule has 0 aliphatic rings. The van der Waals surface area contributed by atoms with Gasteiger partial charge in [-0.05, 0) is 44.4 Å². The Morgan fingerprint density at radius 3 is 2.37 bits per heavy atom. The molecule has 232 valence electrons. The van der Waals surface area contributed by atoms with Crippen molar-refractivity contribution in [2.45, 2.75) is 70.6 Å². The van der Waals surface area contributed by atoms with E-state index in [-0.39, 0.29) is 60.0 Å². The van der Waals surface area contributed by atoms with Crippen molar-refractivity contribution in [3.63, 3.8) is 0 Å². The van der Waals surface area contributed by atoms with Gasteiger partial charge in [-0.2, -0.15) is 27.1 Å². The second-order valence-electron chi connectivity index (χ2n) is 9.66.